The largest absolute Gasteiger partial charge is 0.351 e. The van der Waals surface area contributed by atoms with Crippen molar-refractivity contribution in [2.24, 2.45) is 5.41 Å². The van der Waals surface area contributed by atoms with Gasteiger partial charge in [0.2, 0.25) is 5.91 Å². The first-order valence-corrected chi connectivity index (χ1v) is 7.33. The normalized spacial score (nSPS) is 18.4. The molecule has 0 bridgehead atoms. The molecule has 2 amide bonds. The molecular weight excluding hydrogens is 252 g/mol. The number of hydrogen-bond acceptors (Lipinski definition) is 2. The summed E-state index contributed by atoms with van der Waals surface area (Å²) < 4.78 is 0. The fraction of sp³-hybridized carbons (Fsp3) is 0.500. The number of benzene rings is 1. The third-order valence-electron chi connectivity index (χ3n) is 4.35. The maximum atomic E-state index is 12.2. The summed E-state index contributed by atoms with van der Waals surface area (Å²) in [7, 11) is 0. The minimum Gasteiger partial charge on any atom is -0.351 e. The van der Waals surface area contributed by atoms with E-state index in [0.29, 0.717) is 17.4 Å². The van der Waals surface area contributed by atoms with Gasteiger partial charge in [-0.25, -0.2) is 0 Å². The first-order chi connectivity index (χ1) is 9.62. The average molecular weight is 272 g/mol. The highest BCUT2D eigenvalue weighted by molar-refractivity contribution is 6.01. The van der Waals surface area contributed by atoms with Gasteiger partial charge in [0, 0.05) is 17.8 Å². The second-order valence-corrected chi connectivity index (χ2v) is 6.03. The van der Waals surface area contributed by atoms with E-state index in [0.717, 1.165) is 17.8 Å². The lowest BCUT2D eigenvalue weighted by atomic mass is 10.0. The third-order valence-corrected chi connectivity index (χ3v) is 4.35. The summed E-state index contributed by atoms with van der Waals surface area (Å²) in [5.41, 5.74) is 2.75. The van der Waals surface area contributed by atoms with Crippen LogP contribution in [0.3, 0.4) is 0 Å². The molecule has 1 saturated carbocycles. The fourth-order valence-corrected chi connectivity index (χ4v) is 2.96. The molecule has 1 aromatic rings. The molecule has 106 valence electrons. The second-order valence-electron chi connectivity index (χ2n) is 6.03. The molecule has 3 rings (SSSR count). The lowest BCUT2D eigenvalue weighted by Gasteiger charge is -2.15. The summed E-state index contributed by atoms with van der Waals surface area (Å²) in [4.78, 5) is 23.5. The average Bonchev–Trinajstić information content (AvgIpc) is 3.08. The SMILES string of the molecule is CCCC1(CNC(=O)c2ccc3c(c2)CC(=O)N3)CC1. The lowest BCUT2D eigenvalue weighted by Crippen LogP contribution is -2.30. The molecule has 0 unspecified atom stereocenters. The van der Waals surface area contributed by atoms with Crippen molar-refractivity contribution in [3.63, 3.8) is 0 Å². The van der Waals surface area contributed by atoms with Crippen LogP contribution in [0.25, 0.3) is 0 Å². The van der Waals surface area contributed by atoms with Gasteiger partial charge >= 0.3 is 0 Å². The van der Waals surface area contributed by atoms with Gasteiger partial charge in [-0.2, -0.15) is 0 Å². The van der Waals surface area contributed by atoms with E-state index in [1.807, 2.05) is 12.1 Å². The highest BCUT2D eigenvalue weighted by Crippen LogP contribution is 2.48. The first-order valence-electron chi connectivity index (χ1n) is 7.33. The molecule has 1 heterocycles. The molecule has 1 aromatic carbocycles. The smallest absolute Gasteiger partial charge is 0.251 e. The first kappa shape index (κ1) is 13.2. The monoisotopic (exact) mass is 272 g/mol. The van der Waals surface area contributed by atoms with Gasteiger partial charge in [0.15, 0.2) is 0 Å². The fourth-order valence-electron chi connectivity index (χ4n) is 2.96. The zero-order valence-corrected chi connectivity index (χ0v) is 11.8. The number of hydrogen-bond donors (Lipinski definition) is 2. The number of carbonyl (C=O) groups is 2. The Bertz CT molecular complexity index is 562. The zero-order valence-electron chi connectivity index (χ0n) is 11.8. The molecule has 1 aliphatic carbocycles. The molecule has 2 aliphatic rings. The van der Waals surface area contributed by atoms with E-state index in [1.54, 1.807) is 6.07 Å². The molecule has 0 radical (unpaired) electrons. The van der Waals surface area contributed by atoms with E-state index < -0.39 is 0 Å². The van der Waals surface area contributed by atoms with Crippen molar-refractivity contribution in [2.45, 2.75) is 39.0 Å². The molecule has 1 aliphatic heterocycles. The maximum absolute atomic E-state index is 12.2. The Balaban J connectivity index is 1.63. The van der Waals surface area contributed by atoms with Gasteiger partial charge in [-0.3, -0.25) is 9.59 Å². The number of rotatable bonds is 5. The summed E-state index contributed by atoms with van der Waals surface area (Å²) in [6, 6.07) is 5.41. The van der Waals surface area contributed by atoms with Crippen molar-refractivity contribution in [2.75, 3.05) is 11.9 Å². The van der Waals surface area contributed by atoms with Gasteiger partial charge in [0.05, 0.1) is 6.42 Å². The van der Waals surface area contributed by atoms with E-state index in [9.17, 15) is 9.59 Å². The number of fused-ring (bicyclic) bond motifs is 1. The van der Waals surface area contributed by atoms with Gasteiger partial charge < -0.3 is 10.6 Å². The van der Waals surface area contributed by atoms with E-state index in [2.05, 4.69) is 17.6 Å². The predicted molar refractivity (Wildman–Crippen MR) is 77.7 cm³/mol. The maximum Gasteiger partial charge on any atom is 0.251 e. The highest BCUT2D eigenvalue weighted by atomic mass is 16.2. The molecule has 4 nitrogen and oxygen atoms in total. The molecule has 2 N–H and O–H groups in total. The quantitative estimate of drug-likeness (QED) is 0.865. The summed E-state index contributed by atoms with van der Waals surface area (Å²) in [6.45, 7) is 2.96. The zero-order chi connectivity index (χ0) is 14.2. The van der Waals surface area contributed by atoms with Gasteiger partial charge in [-0.05, 0) is 48.4 Å². The Morgan fingerprint density at radius 2 is 2.20 bits per heavy atom. The third kappa shape index (κ3) is 2.55. The number of nitrogens with one attached hydrogen (secondary N) is 2. The van der Waals surface area contributed by atoms with Crippen LogP contribution >= 0.6 is 0 Å². The second kappa shape index (κ2) is 4.93. The van der Waals surface area contributed by atoms with E-state index in [1.165, 1.54) is 25.7 Å². The van der Waals surface area contributed by atoms with Gasteiger partial charge in [0.1, 0.15) is 0 Å². The van der Waals surface area contributed by atoms with Crippen molar-refractivity contribution < 1.29 is 9.59 Å². The van der Waals surface area contributed by atoms with Gasteiger partial charge in [0.25, 0.3) is 5.91 Å². The minimum atomic E-state index is -0.0328. The highest BCUT2D eigenvalue weighted by Gasteiger charge is 2.41. The predicted octanol–water partition coefficient (Wildman–Crippen LogP) is 2.49. The number of anilines is 1. The van der Waals surface area contributed by atoms with Crippen LogP contribution in [0.15, 0.2) is 18.2 Å². The van der Waals surface area contributed by atoms with Gasteiger partial charge in [-0.15, -0.1) is 0 Å². The van der Waals surface area contributed by atoms with E-state index in [-0.39, 0.29) is 11.8 Å². The molecule has 1 fully saturated rings. The van der Waals surface area contributed by atoms with Crippen LogP contribution in [0, 0.1) is 5.41 Å². The minimum absolute atomic E-state index is 0.00237. The Morgan fingerprint density at radius 3 is 2.90 bits per heavy atom. The number of amides is 2. The van der Waals surface area contributed by atoms with Crippen LogP contribution < -0.4 is 10.6 Å². The Labute approximate surface area is 118 Å². The van der Waals surface area contributed by atoms with Crippen LogP contribution in [-0.4, -0.2) is 18.4 Å². The van der Waals surface area contributed by atoms with Crippen LogP contribution in [0.4, 0.5) is 5.69 Å². The van der Waals surface area contributed by atoms with Crippen LogP contribution in [-0.2, 0) is 11.2 Å². The van der Waals surface area contributed by atoms with E-state index in [4.69, 9.17) is 0 Å². The summed E-state index contributed by atoms with van der Waals surface area (Å²) in [5, 5.41) is 5.82. The summed E-state index contributed by atoms with van der Waals surface area (Å²) in [5.74, 6) is -0.0352. The van der Waals surface area contributed by atoms with Crippen LogP contribution in [0.5, 0.6) is 0 Å². The van der Waals surface area contributed by atoms with Crippen LogP contribution in [0.2, 0.25) is 0 Å². The van der Waals surface area contributed by atoms with Crippen molar-refractivity contribution in [1.29, 1.82) is 0 Å². The molecular formula is C16H20N2O2. The van der Waals surface area contributed by atoms with Crippen molar-refractivity contribution in [1.82, 2.24) is 5.32 Å². The molecule has 0 spiro atoms. The topological polar surface area (TPSA) is 58.2 Å². The van der Waals surface area contributed by atoms with Gasteiger partial charge in [-0.1, -0.05) is 13.3 Å². The lowest BCUT2D eigenvalue weighted by molar-refractivity contribution is -0.115. The molecule has 4 heteroatoms. The molecule has 0 aromatic heterocycles. The summed E-state index contributed by atoms with van der Waals surface area (Å²) >= 11 is 0. The Kier molecular flexibility index (Phi) is 3.24. The van der Waals surface area contributed by atoms with Crippen molar-refractivity contribution in [3.05, 3.63) is 29.3 Å². The molecule has 20 heavy (non-hydrogen) atoms. The van der Waals surface area contributed by atoms with Crippen LogP contribution in [0.1, 0.15) is 48.5 Å². The number of carbonyl (C=O) groups excluding carboxylic acids is 2. The molecule has 0 atom stereocenters. The molecule has 0 saturated heterocycles. The Morgan fingerprint density at radius 1 is 1.40 bits per heavy atom. The van der Waals surface area contributed by atoms with Crippen molar-refractivity contribution >= 4 is 17.5 Å². The summed E-state index contributed by atoms with van der Waals surface area (Å²) in [6.07, 6.45) is 5.18. The van der Waals surface area contributed by atoms with Crippen molar-refractivity contribution in [3.8, 4) is 0 Å². The Hall–Kier alpha value is -1.84. The van der Waals surface area contributed by atoms with E-state index >= 15 is 0 Å². The standard InChI is InChI=1S/C16H20N2O2/c1-2-5-16(6-7-16)10-17-15(20)11-3-4-13-12(8-11)9-14(19)18-13/h3-4,8H,2,5-7,9-10H2,1H3,(H,17,20)(H,18,19).